The Morgan fingerprint density at radius 3 is 2.00 bits per heavy atom. The van der Waals surface area contributed by atoms with Crippen molar-refractivity contribution in [1.82, 2.24) is 0 Å². The molecule has 11 heavy (non-hydrogen) atoms. The molecule has 68 valence electrons. The molecule has 0 aromatic rings. The molecule has 9 heteroatoms. The van der Waals surface area contributed by atoms with E-state index in [1.807, 2.05) is 0 Å². The Morgan fingerprint density at radius 2 is 1.73 bits per heavy atom. The molecule has 0 aliphatic heterocycles. The van der Waals surface area contributed by atoms with Crippen LogP contribution in [0.15, 0.2) is 0 Å². The van der Waals surface area contributed by atoms with Gasteiger partial charge in [0.15, 0.2) is 0 Å². The Balaban J connectivity index is 3.91. The lowest BCUT2D eigenvalue weighted by Gasteiger charge is -2.08. The van der Waals surface area contributed by atoms with Crippen LogP contribution in [0.1, 0.15) is 0 Å². The van der Waals surface area contributed by atoms with Gasteiger partial charge in [-0.15, -0.1) is 3.74 Å². The van der Waals surface area contributed by atoms with E-state index in [9.17, 15) is 8.42 Å². The minimum absolute atomic E-state index is 0.660. The van der Waals surface area contributed by atoms with Crippen molar-refractivity contribution in [2.24, 2.45) is 0 Å². The third kappa shape index (κ3) is 7.39. The van der Waals surface area contributed by atoms with Crippen molar-refractivity contribution in [3.8, 4) is 0 Å². The standard InChI is InChI=1S/C2H2Cl4O4S/c3-2(4,5)1-9-11(7,8)10-6/h1H2. The van der Waals surface area contributed by atoms with Crippen molar-refractivity contribution in [3.63, 3.8) is 0 Å². The summed E-state index contributed by atoms with van der Waals surface area (Å²) in [4.78, 5) is 0. The fourth-order valence-corrected chi connectivity index (χ4v) is 0.982. The summed E-state index contributed by atoms with van der Waals surface area (Å²) in [5.41, 5.74) is 0. The first-order valence-corrected chi connectivity index (χ1v) is 4.81. The van der Waals surface area contributed by atoms with E-state index in [2.05, 4.69) is 19.8 Å². The molecule has 0 saturated carbocycles. The van der Waals surface area contributed by atoms with Gasteiger partial charge < -0.3 is 0 Å². The van der Waals surface area contributed by atoms with Gasteiger partial charge in [0, 0.05) is 0 Å². The largest absolute Gasteiger partial charge is 0.416 e. The number of rotatable bonds is 3. The first-order valence-electron chi connectivity index (χ1n) is 2.03. The smallest absolute Gasteiger partial charge is 0.243 e. The summed E-state index contributed by atoms with van der Waals surface area (Å²) < 4.78 is 26.1. The van der Waals surface area contributed by atoms with Crippen LogP contribution >= 0.6 is 46.7 Å². The minimum Gasteiger partial charge on any atom is -0.243 e. The number of alkyl halides is 3. The van der Waals surface area contributed by atoms with Gasteiger partial charge in [0.05, 0.1) is 11.9 Å². The summed E-state index contributed by atoms with van der Waals surface area (Å²) >= 11 is 19.9. The van der Waals surface area contributed by atoms with Gasteiger partial charge in [-0.2, -0.15) is 8.42 Å². The Bertz CT molecular complexity index is 205. The predicted octanol–water partition coefficient (Wildman–Crippen LogP) is 1.79. The van der Waals surface area contributed by atoms with Crippen LogP contribution in [-0.4, -0.2) is 18.8 Å². The van der Waals surface area contributed by atoms with Crippen molar-refractivity contribution >= 4 is 57.1 Å². The van der Waals surface area contributed by atoms with Crippen molar-refractivity contribution in [2.75, 3.05) is 6.61 Å². The quantitative estimate of drug-likeness (QED) is 0.729. The van der Waals surface area contributed by atoms with Crippen LogP contribution in [0.5, 0.6) is 0 Å². The highest BCUT2D eigenvalue weighted by Crippen LogP contribution is 2.26. The molecule has 0 bridgehead atoms. The summed E-state index contributed by atoms with van der Waals surface area (Å²) in [6.45, 7) is -0.660. The highest BCUT2D eigenvalue weighted by molar-refractivity contribution is 7.82. The molecule has 0 fully saturated rings. The Kier molecular flexibility index (Phi) is 4.72. The maximum absolute atomic E-state index is 10.3. The molecule has 4 nitrogen and oxygen atoms in total. The molecule has 0 spiro atoms. The third-order valence-electron chi connectivity index (χ3n) is 0.444. The van der Waals surface area contributed by atoms with Crippen LogP contribution < -0.4 is 0 Å². The fraction of sp³-hybridized carbons (Fsp3) is 1.00. The summed E-state index contributed by atoms with van der Waals surface area (Å²) in [6.07, 6.45) is 0. The zero-order valence-electron chi connectivity index (χ0n) is 4.76. The lowest BCUT2D eigenvalue weighted by Crippen LogP contribution is -2.17. The van der Waals surface area contributed by atoms with Crippen LogP contribution in [0.3, 0.4) is 0 Å². The topological polar surface area (TPSA) is 52.6 Å². The number of hydrogen-bond acceptors (Lipinski definition) is 4. The lowest BCUT2D eigenvalue weighted by molar-refractivity contribution is 0.284. The maximum atomic E-state index is 10.3. The van der Waals surface area contributed by atoms with Crippen molar-refractivity contribution in [2.45, 2.75) is 3.79 Å². The lowest BCUT2D eigenvalue weighted by atomic mass is 10.9. The molecule has 0 radical (unpaired) electrons. The van der Waals surface area contributed by atoms with Crippen molar-refractivity contribution in [3.05, 3.63) is 0 Å². The first-order chi connectivity index (χ1) is 4.77. The summed E-state index contributed by atoms with van der Waals surface area (Å²) in [5, 5.41) is 0. The maximum Gasteiger partial charge on any atom is 0.416 e. The minimum atomic E-state index is -4.24. The average molecular weight is 264 g/mol. The molecule has 0 rings (SSSR count). The van der Waals surface area contributed by atoms with E-state index in [-0.39, 0.29) is 0 Å². The number of hydrogen-bond donors (Lipinski definition) is 0. The zero-order chi connectivity index (χ0) is 9.12. The van der Waals surface area contributed by atoms with E-state index < -0.39 is 20.8 Å². The Hall–Kier alpha value is 1.03. The molecule has 0 aliphatic rings. The molecular weight excluding hydrogens is 262 g/mol. The molecule has 0 unspecified atom stereocenters. The molecule has 0 atom stereocenters. The SMILES string of the molecule is O=S(=O)(OCl)OCC(Cl)(Cl)Cl. The third-order valence-corrected chi connectivity index (χ3v) is 1.80. The molecule has 0 aliphatic carbocycles. The molecular formula is C2H2Cl4O4S. The molecule has 0 saturated heterocycles. The van der Waals surface area contributed by atoms with E-state index in [1.54, 1.807) is 0 Å². The highest BCUT2D eigenvalue weighted by atomic mass is 35.6. The van der Waals surface area contributed by atoms with Gasteiger partial charge in [0.1, 0.15) is 6.61 Å². The molecule has 0 aromatic heterocycles. The van der Waals surface area contributed by atoms with Crippen LogP contribution in [0.2, 0.25) is 0 Å². The van der Waals surface area contributed by atoms with Gasteiger partial charge in [0.25, 0.3) is 0 Å². The van der Waals surface area contributed by atoms with Gasteiger partial charge in [-0.1, -0.05) is 34.8 Å². The Morgan fingerprint density at radius 1 is 1.27 bits per heavy atom. The van der Waals surface area contributed by atoms with Gasteiger partial charge >= 0.3 is 10.4 Å². The molecule has 0 aromatic carbocycles. The van der Waals surface area contributed by atoms with Crippen LogP contribution in [0.4, 0.5) is 0 Å². The molecule has 0 N–H and O–H groups in total. The molecule has 0 amide bonds. The van der Waals surface area contributed by atoms with Gasteiger partial charge in [-0.3, -0.25) is 0 Å². The van der Waals surface area contributed by atoms with E-state index in [1.165, 1.54) is 0 Å². The highest BCUT2D eigenvalue weighted by Gasteiger charge is 2.24. The zero-order valence-corrected chi connectivity index (χ0v) is 8.60. The van der Waals surface area contributed by atoms with E-state index in [0.717, 1.165) is 0 Å². The van der Waals surface area contributed by atoms with E-state index in [0.29, 0.717) is 0 Å². The van der Waals surface area contributed by atoms with Crippen molar-refractivity contribution in [1.29, 1.82) is 0 Å². The van der Waals surface area contributed by atoms with Crippen molar-refractivity contribution < 1.29 is 16.3 Å². The number of halogens is 4. The second-order valence-corrected chi connectivity index (χ2v) is 5.42. The van der Waals surface area contributed by atoms with Crippen LogP contribution in [0, 0.1) is 0 Å². The van der Waals surface area contributed by atoms with Gasteiger partial charge in [0.2, 0.25) is 3.79 Å². The Labute approximate surface area is 83.8 Å². The second kappa shape index (κ2) is 4.32. The summed E-state index contributed by atoms with van der Waals surface area (Å²) in [6, 6.07) is 0. The van der Waals surface area contributed by atoms with Gasteiger partial charge in [-0.05, 0) is 0 Å². The van der Waals surface area contributed by atoms with E-state index in [4.69, 9.17) is 34.8 Å². The van der Waals surface area contributed by atoms with Gasteiger partial charge in [-0.25, -0.2) is 4.18 Å². The van der Waals surface area contributed by atoms with E-state index >= 15 is 0 Å². The monoisotopic (exact) mass is 262 g/mol. The molecule has 0 heterocycles. The normalized spacial score (nSPS) is 13.5. The summed E-state index contributed by atoms with van der Waals surface area (Å²) in [7, 11) is -4.24. The average Bonchev–Trinajstić information content (AvgIpc) is 1.83. The second-order valence-electron chi connectivity index (χ2n) is 1.35. The van der Waals surface area contributed by atoms with Crippen LogP contribution in [0.25, 0.3) is 0 Å². The summed E-state index contributed by atoms with van der Waals surface area (Å²) in [5.74, 6) is 0. The predicted molar refractivity (Wildman–Crippen MR) is 42.1 cm³/mol. The van der Waals surface area contributed by atoms with Crippen LogP contribution in [-0.2, 0) is 18.3 Å². The fourth-order valence-electron chi connectivity index (χ4n) is 0.157. The first kappa shape index (κ1) is 12.0.